The van der Waals surface area contributed by atoms with Crippen LogP contribution in [0.25, 0.3) is 0 Å². The molecule has 1 aliphatic carbocycles. The van der Waals surface area contributed by atoms with Crippen molar-refractivity contribution >= 4 is 28.6 Å². The topological polar surface area (TPSA) is 54.6 Å². The Balaban J connectivity index is 2.37. The molecule has 6 heteroatoms. The van der Waals surface area contributed by atoms with Gasteiger partial charge in [-0.1, -0.05) is 30.6 Å². The van der Waals surface area contributed by atoms with Crippen LogP contribution in [0.2, 0.25) is 0 Å². The zero-order valence-electron chi connectivity index (χ0n) is 8.18. The second-order valence-electron chi connectivity index (χ2n) is 3.75. The van der Waals surface area contributed by atoms with Crippen LogP contribution in [0.15, 0.2) is 5.18 Å². The van der Waals surface area contributed by atoms with Gasteiger partial charge in [0.25, 0.3) is 0 Å². The largest absolute Gasteiger partial charge is 0.492 e. The molecule has 0 atom stereocenters. The van der Waals surface area contributed by atoms with Crippen molar-refractivity contribution in [3.8, 4) is 5.88 Å². The van der Waals surface area contributed by atoms with Gasteiger partial charge in [0.15, 0.2) is 3.95 Å². The molecule has 15 heavy (non-hydrogen) atoms. The second-order valence-corrected chi connectivity index (χ2v) is 5.37. The van der Waals surface area contributed by atoms with Crippen LogP contribution in [-0.4, -0.2) is 9.67 Å². The molecule has 82 valence electrons. The maximum Gasteiger partial charge on any atom is 0.234 e. The fraction of sp³-hybridized carbons (Fsp3) is 0.667. The van der Waals surface area contributed by atoms with E-state index >= 15 is 0 Å². The van der Waals surface area contributed by atoms with E-state index in [9.17, 15) is 10.0 Å². The summed E-state index contributed by atoms with van der Waals surface area (Å²) in [6.07, 6.45) is 5.61. The van der Waals surface area contributed by atoms with Gasteiger partial charge < -0.3 is 5.11 Å². The van der Waals surface area contributed by atoms with Crippen LogP contribution in [0.1, 0.15) is 38.1 Å². The minimum Gasteiger partial charge on any atom is -0.492 e. The van der Waals surface area contributed by atoms with E-state index in [-0.39, 0.29) is 16.9 Å². The van der Waals surface area contributed by atoms with Gasteiger partial charge in [0, 0.05) is 6.04 Å². The van der Waals surface area contributed by atoms with Crippen molar-refractivity contribution in [2.24, 2.45) is 5.18 Å². The molecule has 0 saturated heterocycles. The zero-order valence-corrected chi connectivity index (χ0v) is 9.81. The highest BCUT2D eigenvalue weighted by atomic mass is 32.1. The molecule has 1 fully saturated rings. The van der Waals surface area contributed by atoms with Crippen LogP contribution in [-0.2, 0) is 0 Å². The highest BCUT2D eigenvalue weighted by Crippen LogP contribution is 2.40. The molecule has 1 aliphatic rings. The molecule has 0 aliphatic heterocycles. The molecule has 1 saturated carbocycles. The Morgan fingerprint density at radius 3 is 2.60 bits per heavy atom. The summed E-state index contributed by atoms with van der Waals surface area (Å²) in [6.45, 7) is 0. The van der Waals surface area contributed by atoms with Gasteiger partial charge in [0.05, 0.1) is 0 Å². The van der Waals surface area contributed by atoms with Crippen molar-refractivity contribution < 1.29 is 5.11 Å². The van der Waals surface area contributed by atoms with Gasteiger partial charge in [-0.3, -0.25) is 4.57 Å². The van der Waals surface area contributed by atoms with Gasteiger partial charge in [-0.2, -0.15) is 0 Å². The molecule has 0 radical (unpaired) electrons. The molecule has 1 aromatic rings. The van der Waals surface area contributed by atoms with E-state index in [1.807, 2.05) is 0 Å². The Hall–Kier alpha value is -0.750. The summed E-state index contributed by atoms with van der Waals surface area (Å²) in [5, 5.41) is 12.7. The summed E-state index contributed by atoms with van der Waals surface area (Å²) in [7, 11) is 0. The monoisotopic (exact) mass is 244 g/mol. The van der Waals surface area contributed by atoms with Crippen molar-refractivity contribution in [3.63, 3.8) is 0 Å². The highest BCUT2D eigenvalue weighted by molar-refractivity contribution is 7.73. The number of nitrogens with zero attached hydrogens (tertiary/aromatic N) is 2. The number of rotatable bonds is 2. The van der Waals surface area contributed by atoms with Gasteiger partial charge >= 0.3 is 0 Å². The van der Waals surface area contributed by atoms with Gasteiger partial charge in [-0.25, -0.2) is 0 Å². The van der Waals surface area contributed by atoms with E-state index < -0.39 is 0 Å². The molecule has 4 nitrogen and oxygen atoms in total. The van der Waals surface area contributed by atoms with Gasteiger partial charge in [0.2, 0.25) is 10.9 Å². The Morgan fingerprint density at radius 1 is 1.40 bits per heavy atom. The smallest absolute Gasteiger partial charge is 0.234 e. The van der Waals surface area contributed by atoms with Crippen molar-refractivity contribution in [2.45, 2.75) is 38.1 Å². The lowest BCUT2D eigenvalue weighted by molar-refractivity contribution is 0.313. The number of nitroso groups, excluding NO2 is 1. The summed E-state index contributed by atoms with van der Waals surface area (Å²) in [4.78, 5) is 10.4. The predicted molar refractivity (Wildman–Crippen MR) is 62.4 cm³/mol. The van der Waals surface area contributed by atoms with Crippen molar-refractivity contribution in [2.75, 3.05) is 0 Å². The predicted octanol–water partition coefficient (Wildman–Crippen LogP) is 3.89. The fourth-order valence-corrected chi connectivity index (χ4v) is 3.29. The molecule has 2 rings (SSSR count). The van der Waals surface area contributed by atoms with E-state index in [1.165, 1.54) is 6.42 Å². The summed E-state index contributed by atoms with van der Waals surface area (Å²) in [5.74, 6) is -0.0492. The molecular formula is C9H12N2O2S2. The van der Waals surface area contributed by atoms with Crippen LogP contribution < -0.4 is 0 Å². The zero-order chi connectivity index (χ0) is 10.8. The van der Waals surface area contributed by atoms with Gasteiger partial charge in [-0.05, 0) is 30.2 Å². The van der Waals surface area contributed by atoms with E-state index in [0.29, 0.717) is 3.95 Å². The molecule has 0 spiro atoms. The van der Waals surface area contributed by atoms with Gasteiger partial charge in [0.1, 0.15) is 0 Å². The molecule has 1 aromatic heterocycles. The summed E-state index contributed by atoms with van der Waals surface area (Å²) in [5.41, 5.74) is 0. The maximum absolute atomic E-state index is 10.4. The summed E-state index contributed by atoms with van der Waals surface area (Å²) < 4.78 is 2.24. The van der Waals surface area contributed by atoms with Crippen molar-refractivity contribution in [1.29, 1.82) is 0 Å². The molecule has 0 bridgehead atoms. The first-order chi connectivity index (χ1) is 7.24. The molecule has 0 amide bonds. The normalized spacial score (nSPS) is 17.9. The SMILES string of the molecule is O=Nc1sc(=S)n(C2CCCCC2)c1O. The number of hydrogen-bond acceptors (Lipinski definition) is 5. The standard InChI is InChI=1S/C9H12N2O2S2/c12-8-7(10-13)15-9(14)11(8)6-4-2-1-3-5-6/h6,12H,1-5H2. The lowest BCUT2D eigenvalue weighted by atomic mass is 9.95. The van der Waals surface area contributed by atoms with Crippen molar-refractivity contribution in [3.05, 3.63) is 8.86 Å². The number of aromatic hydroxyl groups is 1. The lowest BCUT2D eigenvalue weighted by Crippen LogP contribution is -2.12. The average molecular weight is 244 g/mol. The van der Waals surface area contributed by atoms with E-state index in [1.54, 1.807) is 4.57 Å². The van der Waals surface area contributed by atoms with Crippen LogP contribution in [0, 0.1) is 8.86 Å². The highest BCUT2D eigenvalue weighted by Gasteiger charge is 2.22. The minimum absolute atomic E-state index is 0.0492. The molecular weight excluding hydrogens is 232 g/mol. The van der Waals surface area contributed by atoms with E-state index in [0.717, 1.165) is 37.0 Å². The third kappa shape index (κ3) is 1.96. The van der Waals surface area contributed by atoms with Crippen molar-refractivity contribution in [1.82, 2.24) is 4.57 Å². The minimum atomic E-state index is -0.0492. The average Bonchev–Trinajstić information content (AvgIpc) is 2.55. The Bertz CT molecular complexity index is 418. The van der Waals surface area contributed by atoms with Crippen LogP contribution in [0.4, 0.5) is 5.00 Å². The fourth-order valence-electron chi connectivity index (χ4n) is 2.09. The van der Waals surface area contributed by atoms with Crippen LogP contribution >= 0.6 is 23.6 Å². The Kier molecular flexibility index (Phi) is 3.16. The Labute approximate surface area is 96.5 Å². The third-order valence-electron chi connectivity index (χ3n) is 2.82. The third-order valence-corrected chi connectivity index (χ3v) is 4.09. The molecule has 1 heterocycles. The van der Waals surface area contributed by atoms with E-state index in [4.69, 9.17) is 12.2 Å². The quantitative estimate of drug-likeness (QED) is 0.634. The number of aromatic nitrogens is 1. The first-order valence-electron chi connectivity index (χ1n) is 5.01. The maximum atomic E-state index is 10.4. The van der Waals surface area contributed by atoms with E-state index in [2.05, 4.69) is 5.18 Å². The first kappa shape index (κ1) is 10.8. The second kappa shape index (κ2) is 4.40. The summed E-state index contributed by atoms with van der Waals surface area (Å²) in [6, 6.07) is 0.248. The van der Waals surface area contributed by atoms with Crippen LogP contribution in [0.3, 0.4) is 0 Å². The number of hydrogen-bond donors (Lipinski definition) is 1. The molecule has 0 aromatic carbocycles. The first-order valence-corrected chi connectivity index (χ1v) is 6.24. The Morgan fingerprint density at radius 2 is 2.07 bits per heavy atom. The molecule has 0 unspecified atom stereocenters. The van der Waals surface area contributed by atoms with Gasteiger partial charge in [-0.15, -0.1) is 4.91 Å². The lowest BCUT2D eigenvalue weighted by Gasteiger charge is -2.23. The number of thiazole rings is 1. The van der Waals surface area contributed by atoms with Crippen LogP contribution in [0.5, 0.6) is 5.88 Å². The molecule has 1 N–H and O–H groups in total. The summed E-state index contributed by atoms with van der Waals surface area (Å²) >= 11 is 6.21.